The summed E-state index contributed by atoms with van der Waals surface area (Å²) < 4.78 is 0. The molecule has 0 saturated heterocycles. The number of aliphatic carboxylic acids is 2. The maximum absolute atomic E-state index is 9.97. The van der Waals surface area contributed by atoms with Crippen LogP contribution in [-0.4, -0.2) is 54.1 Å². The van der Waals surface area contributed by atoms with Gasteiger partial charge in [0.1, 0.15) is 0 Å². The molecule has 89 heavy (non-hydrogen) atoms. The summed E-state index contributed by atoms with van der Waals surface area (Å²) in [6, 6.07) is 88.0. The molecule has 15 rings (SSSR count). The van der Waals surface area contributed by atoms with E-state index in [1.807, 2.05) is 73.6 Å². The predicted molar refractivity (Wildman–Crippen MR) is 341 cm³/mol. The third-order valence-electron chi connectivity index (χ3n) is 15.1. The number of carbonyl (C=O) groups excluding carboxylic acids is 2. The summed E-state index contributed by atoms with van der Waals surface area (Å²) in [6.07, 6.45) is 5.65. The van der Waals surface area contributed by atoms with Gasteiger partial charge in [0.05, 0.1) is 33.1 Å². The molecule has 6 heterocycles. The third kappa shape index (κ3) is 12.7. The molecule has 0 aliphatic heterocycles. The zero-order chi connectivity index (χ0) is 60.3. The molecule has 9 aromatic carbocycles. The summed E-state index contributed by atoms with van der Waals surface area (Å²) in [7, 11) is 0. The van der Waals surface area contributed by atoms with Gasteiger partial charge >= 0.3 is 16.8 Å². The fourth-order valence-corrected chi connectivity index (χ4v) is 10.9. The Kier molecular flexibility index (Phi) is 18.4. The molecule has 0 radical (unpaired) electrons. The Morgan fingerprint density at radius 3 is 0.517 bits per heavy atom. The minimum Gasteiger partial charge on any atom is -0.848 e. The van der Waals surface area contributed by atoms with Gasteiger partial charge in [-0.3, -0.25) is 29.9 Å². The maximum atomic E-state index is 9.97. The Labute approximate surface area is 522 Å². The average molecular weight is 1200 g/mol. The minimum atomic E-state index is -2.80. The Balaban J connectivity index is 0.000000127. The molecule has 0 aliphatic carbocycles. The van der Waals surface area contributed by atoms with Crippen molar-refractivity contribution in [3.8, 4) is 66.8 Å². The molecule has 0 bridgehead atoms. The van der Waals surface area contributed by atoms with Gasteiger partial charge in [0, 0.05) is 81.4 Å². The molecule has 2 unspecified atom stereocenters. The summed E-state index contributed by atoms with van der Waals surface area (Å²) >= 11 is 0. The van der Waals surface area contributed by atoms with Crippen LogP contribution in [0.5, 0.6) is 0 Å². The molecule has 2 atom stereocenters. The van der Waals surface area contributed by atoms with Crippen molar-refractivity contribution in [2.75, 3.05) is 0 Å². The number of carboxylic acids is 2. The number of aromatic nitrogens is 6. The monoisotopic (exact) mass is 1200 g/mol. The van der Waals surface area contributed by atoms with Crippen molar-refractivity contribution in [3.05, 3.63) is 292 Å². The molecule has 0 fully saturated rings. The Bertz CT molecular complexity index is 4180. The number of carbonyl (C=O) groups is 2. The second kappa shape index (κ2) is 27.4. The van der Waals surface area contributed by atoms with Crippen LogP contribution in [0.1, 0.15) is 0 Å². The smallest absolute Gasteiger partial charge is 0.848 e. The Morgan fingerprint density at radius 1 is 0.236 bits per heavy atom. The average Bonchev–Trinajstić information content (AvgIpc) is 1.70. The molecule has 430 valence electrons. The quantitative estimate of drug-likeness (QED) is 0.124. The predicted octanol–water partition coefficient (Wildman–Crippen LogP) is 12.3. The molecule has 0 aliphatic rings. The van der Waals surface area contributed by atoms with Crippen molar-refractivity contribution in [3.63, 3.8) is 0 Å². The van der Waals surface area contributed by atoms with Gasteiger partial charge in [0.15, 0.2) is 0 Å². The number of benzene rings is 9. The number of nitrogens with zero attached hydrogens (tertiary/aromatic N) is 6. The van der Waals surface area contributed by atoms with Gasteiger partial charge in [-0.1, -0.05) is 231 Å². The SMILES string of the molecule is O=C([O-])C([O-])C([O-])C(=O)[O-].[Co+3].c1ccc(-c2ccnc3c2ccc2c(-c4ccccc4)ccnc23)cc1.c1ccc(-c2ccnc3c2ccc2c(-c4ccccc4)ccnc23)cc1.c1ccc(-c2ccnc3c2ccc2c(-c4ccccc4)ccnc23)cc1. The first-order valence-corrected chi connectivity index (χ1v) is 28.3. The normalized spacial score (nSPS) is 11.5. The van der Waals surface area contributed by atoms with Crippen LogP contribution < -0.4 is 20.4 Å². The molecule has 0 N–H and O–H groups in total. The van der Waals surface area contributed by atoms with Crippen LogP contribution in [0.25, 0.3) is 132 Å². The van der Waals surface area contributed by atoms with E-state index in [1.165, 1.54) is 66.8 Å². The van der Waals surface area contributed by atoms with Crippen LogP contribution in [0.15, 0.2) is 292 Å². The molecule has 0 spiro atoms. The number of hydrogen-bond donors (Lipinski definition) is 0. The minimum absolute atomic E-state index is 0. The van der Waals surface area contributed by atoms with Gasteiger partial charge in [0.25, 0.3) is 0 Å². The van der Waals surface area contributed by atoms with Crippen molar-refractivity contribution in [1.82, 2.24) is 29.9 Å². The Hall–Kier alpha value is -11.2. The van der Waals surface area contributed by atoms with E-state index in [1.54, 1.807) is 0 Å². The molecule has 0 saturated carbocycles. The molecule has 12 nitrogen and oxygen atoms in total. The van der Waals surface area contributed by atoms with Crippen LogP contribution in [0.3, 0.4) is 0 Å². The second-order valence-corrected chi connectivity index (χ2v) is 20.4. The van der Waals surface area contributed by atoms with E-state index in [0.29, 0.717) is 0 Å². The van der Waals surface area contributed by atoms with Crippen LogP contribution >= 0.6 is 0 Å². The number of carboxylic acid groups (broad SMARTS) is 2. The Morgan fingerprint density at radius 2 is 0.382 bits per heavy atom. The molecular formula is C76H50CoN6O6-. The first kappa shape index (κ1) is 59.5. The van der Waals surface area contributed by atoms with Crippen molar-refractivity contribution in [2.45, 2.75) is 12.2 Å². The van der Waals surface area contributed by atoms with Gasteiger partial charge in [-0.2, -0.15) is 0 Å². The standard InChI is InChI=1S/3C24H16N2.C4H4O6.Co/c3*1-3-7-17(8-4-1)19-13-15-25-23-21(19)11-12-22-20(14-16-26-24(22)23)18-9-5-2-6-10-18;5-1(3(7)8)2(6)4(9)10;/h3*1-16H;1-2H,(H,7,8)(H,9,10);/q;;;-2;+3/p-2. The van der Waals surface area contributed by atoms with E-state index in [-0.39, 0.29) is 16.8 Å². The summed E-state index contributed by atoms with van der Waals surface area (Å²) in [5.41, 5.74) is 19.9. The molecule has 13 heteroatoms. The summed E-state index contributed by atoms with van der Waals surface area (Å²) in [5, 5.41) is 45.8. The van der Waals surface area contributed by atoms with Crippen molar-refractivity contribution in [2.24, 2.45) is 0 Å². The first-order chi connectivity index (χ1) is 43.2. The molecule has 15 aromatic rings. The van der Waals surface area contributed by atoms with E-state index in [2.05, 4.69) is 248 Å². The van der Waals surface area contributed by atoms with Crippen LogP contribution in [0.2, 0.25) is 0 Å². The summed E-state index contributed by atoms with van der Waals surface area (Å²) in [5.74, 6) is -4.46. The van der Waals surface area contributed by atoms with Crippen molar-refractivity contribution in [1.29, 1.82) is 0 Å². The van der Waals surface area contributed by atoms with Gasteiger partial charge in [-0.05, 0) is 103 Å². The number of pyridine rings is 6. The maximum Gasteiger partial charge on any atom is 3.00 e. The summed E-state index contributed by atoms with van der Waals surface area (Å²) in [6.45, 7) is 0. The van der Waals surface area contributed by atoms with E-state index in [0.717, 1.165) is 65.4 Å². The van der Waals surface area contributed by atoms with Gasteiger partial charge in [0.2, 0.25) is 0 Å². The van der Waals surface area contributed by atoms with Crippen LogP contribution in [0.4, 0.5) is 0 Å². The molecular weight excluding hydrogens is 1150 g/mol. The van der Waals surface area contributed by atoms with Crippen molar-refractivity contribution >= 4 is 77.4 Å². The van der Waals surface area contributed by atoms with E-state index in [9.17, 15) is 30.0 Å². The van der Waals surface area contributed by atoms with E-state index < -0.39 is 24.1 Å². The van der Waals surface area contributed by atoms with Crippen LogP contribution in [0, 0.1) is 0 Å². The largest absolute Gasteiger partial charge is 3.00 e. The number of fused-ring (bicyclic) bond motifs is 9. The van der Waals surface area contributed by atoms with E-state index in [4.69, 9.17) is 0 Å². The fourth-order valence-electron chi connectivity index (χ4n) is 10.9. The third-order valence-corrected chi connectivity index (χ3v) is 15.1. The summed E-state index contributed by atoms with van der Waals surface area (Å²) in [4.78, 5) is 47.1. The topological polar surface area (TPSA) is 204 Å². The van der Waals surface area contributed by atoms with Crippen LogP contribution in [-0.2, 0) is 26.4 Å². The van der Waals surface area contributed by atoms with Crippen molar-refractivity contribution < 1.29 is 46.8 Å². The first-order valence-electron chi connectivity index (χ1n) is 28.3. The number of hydrogen-bond acceptors (Lipinski definition) is 12. The zero-order valence-electron chi connectivity index (χ0n) is 47.3. The molecule has 6 aromatic heterocycles. The zero-order valence-corrected chi connectivity index (χ0v) is 48.4. The number of rotatable bonds is 9. The fraction of sp³-hybridized carbons (Fsp3) is 0.0263. The van der Waals surface area contributed by atoms with Gasteiger partial charge < -0.3 is 30.0 Å². The second-order valence-electron chi connectivity index (χ2n) is 20.4. The van der Waals surface area contributed by atoms with Gasteiger partial charge in [-0.25, -0.2) is 0 Å². The van der Waals surface area contributed by atoms with Gasteiger partial charge in [-0.15, -0.1) is 0 Å². The molecule has 0 amide bonds. The van der Waals surface area contributed by atoms with E-state index >= 15 is 0 Å².